The number of nitrogens with zero attached hydrogens (tertiary/aromatic N) is 5. The van der Waals surface area contributed by atoms with Crippen LogP contribution >= 0.6 is 0 Å². The highest BCUT2D eigenvalue weighted by Crippen LogP contribution is 2.30. The van der Waals surface area contributed by atoms with Gasteiger partial charge in [0.1, 0.15) is 17.0 Å². The minimum absolute atomic E-state index is 0.112. The first kappa shape index (κ1) is 21.4. The Morgan fingerprint density at radius 2 is 1.85 bits per heavy atom. The summed E-state index contributed by atoms with van der Waals surface area (Å²) in [7, 11) is 3.43. The lowest BCUT2D eigenvalue weighted by molar-refractivity contribution is -0.118. The second kappa shape index (κ2) is 8.51. The highest BCUT2D eigenvalue weighted by Gasteiger charge is 2.18. The number of carbonyl (C=O) groups excluding carboxylic acids is 2. The third kappa shape index (κ3) is 3.81. The lowest BCUT2D eigenvalue weighted by Crippen LogP contribution is -2.21. The molecule has 1 aromatic carbocycles. The Bertz CT molecular complexity index is 1530. The maximum absolute atomic E-state index is 12.6. The van der Waals surface area contributed by atoms with Gasteiger partial charge in [0, 0.05) is 56.2 Å². The number of aromatic nitrogens is 6. The van der Waals surface area contributed by atoms with E-state index in [0.717, 1.165) is 27.7 Å². The van der Waals surface area contributed by atoms with Gasteiger partial charge in [-0.2, -0.15) is 5.10 Å². The average Bonchev–Trinajstić information content (AvgIpc) is 3.47. The van der Waals surface area contributed by atoms with E-state index >= 15 is 0 Å². The molecule has 0 saturated carbocycles. The zero-order chi connectivity index (χ0) is 23.8. The fraction of sp³-hybridized carbons (Fsp3) is 0.200. The molecule has 34 heavy (non-hydrogen) atoms. The van der Waals surface area contributed by atoms with Crippen molar-refractivity contribution < 1.29 is 9.59 Å². The fourth-order valence-corrected chi connectivity index (χ4v) is 3.83. The molecule has 1 amide bonds. The van der Waals surface area contributed by atoms with E-state index in [-0.39, 0.29) is 11.7 Å². The van der Waals surface area contributed by atoms with Crippen molar-refractivity contribution in [2.75, 3.05) is 14.1 Å². The van der Waals surface area contributed by atoms with Gasteiger partial charge in [0.05, 0.1) is 16.5 Å². The maximum atomic E-state index is 12.6. The van der Waals surface area contributed by atoms with Crippen molar-refractivity contribution in [2.24, 2.45) is 0 Å². The number of rotatable bonds is 6. The van der Waals surface area contributed by atoms with Crippen LogP contribution in [0.3, 0.4) is 0 Å². The zero-order valence-corrected chi connectivity index (χ0v) is 19.1. The molecule has 0 aliphatic heterocycles. The van der Waals surface area contributed by atoms with Crippen LogP contribution in [0.15, 0.2) is 48.8 Å². The molecule has 0 spiro atoms. The Morgan fingerprint density at radius 3 is 2.59 bits per heavy atom. The van der Waals surface area contributed by atoms with Gasteiger partial charge in [0.2, 0.25) is 0 Å². The van der Waals surface area contributed by atoms with E-state index in [0.29, 0.717) is 41.1 Å². The Hall–Kier alpha value is -4.40. The largest absolute Gasteiger partial charge is 0.345 e. The first-order chi connectivity index (χ1) is 16.4. The number of benzene rings is 1. The summed E-state index contributed by atoms with van der Waals surface area (Å²) in [5.41, 5.74) is 5.64. The second-order valence-electron chi connectivity index (χ2n) is 8.29. The van der Waals surface area contributed by atoms with Crippen molar-refractivity contribution in [1.29, 1.82) is 0 Å². The molecule has 0 bridgehead atoms. The van der Waals surface area contributed by atoms with Gasteiger partial charge in [0.25, 0.3) is 5.91 Å². The number of para-hydroxylation sites is 1. The zero-order valence-electron chi connectivity index (χ0n) is 19.1. The molecule has 4 heterocycles. The predicted molar refractivity (Wildman–Crippen MR) is 129 cm³/mol. The van der Waals surface area contributed by atoms with Crippen molar-refractivity contribution in [3.8, 4) is 22.6 Å². The summed E-state index contributed by atoms with van der Waals surface area (Å²) in [6, 6.07) is 11.3. The van der Waals surface area contributed by atoms with Gasteiger partial charge in [-0.25, -0.2) is 9.97 Å². The molecular formula is C25H23N7O2. The fourth-order valence-electron chi connectivity index (χ4n) is 3.83. The number of hydrogen-bond acceptors (Lipinski definition) is 6. The van der Waals surface area contributed by atoms with Gasteiger partial charge in [-0.15, -0.1) is 0 Å². The summed E-state index contributed by atoms with van der Waals surface area (Å²) < 4.78 is 0. The monoisotopic (exact) mass is 453 g/mol. The number of ketones is 1. The van der Waals surface area contributed by atoms with E-state index < -0.39 is 0 Å². The van der Waals surface area contributed by atoms with Crippen LogP contribution in [0.5, 0.6) is 0 Å². The van der Waals surface area contributed by atoms with Gasteiger partial charge < -0.3 is 9.88 Å². The van der Waals surface area contributed by atoms with Crippen LogP contribution in [-0.4, -0.2) is 60.8 Å². The van der Waals surface area contributed by atoms with Crippen molar-refractivity contribution in [1.82, 2.24) is 35.0 Å². The number of amides is 1. The van der Waals surface area contributed by atoms with Gasteiger partial charge in [-0.1, -0.05) is 19.1 Å². The molecule has 0 aliphatic carbocycles. The maximum Gasteiger partial charge on any atom is 0.255 e. The predicted octanol–water partition coefficient (Wildman–Crippen LogP) is 3.79. The molecule has 170 valence electrons. The molecule has 2 N–H and O–H groups in total. The number of aromatic amines is 2. The van der Waals surface area contributed by atoms with Gasteiger partial charge in [0.15, 0.2) is 11.5 Å². The Kier molecular flexibility index (Phi) is 5.37. The molecule has 4 aromatic heterocycles. The highest BCUT2D eigenvalue weighted by molar-refractivity contribution is 6.05. The molecule has 0 saturated heterocycles. The van der Waals surface area contributed by atoms with Crippen LogP contribution in [0.2, 0.25) is 0 Å². The number of Topliss-reactive ketones (excluding diaryl/α,β-unsaturated/α-hetero) is 1. The van der Waals surface area contributed by atoms with E-state index in [1.807, 2.05) is 37.3 Å². The van der Waals surface area contributed by atoms with E-state index in [9.17, 15) is 9.59 Å². The summed E-state index contributed by atoms with van der Waals surface area (Å²) in [5.74, 6) is 0.619. The molecule has 5 rings (SSSR count). The number of imidazole rings is 1. The molecule has 9 nitrogen and oxygen atoms in total. The van der Waals surface area contributed by atoms with Crippen LogP contribution in [0.4, 0.5) is 0 Å². The Labute approximate surface area is 195 Å². The third-order valence-electron chi connectivity index (χ3n) is 5.73. The first-order valence-corrected chi connectivity index (χ1v) is 11.0. The van der Waals surface area contributed by atoms with Crippen LogP contribution < -0.4 is 0 Å². The van der Waals surface area contributed by atoms with Crippen molar-refractivity contribution in [3.05, 3.63) is 60.0 Å². The second-order valence-corrected chi connectivity index (χ2v) is 8.29. The van der Waals surface area contributed by atoms with Crippen LogP contribution in [0.25, 0.3) is 44.7 Å². The van der Waals surface area contributed by atoms with Crippen LogP contribution in [0, 0.1) is 0 Å². The number of nitrogens with one attached hydrogen (secondary N) is 2. The Balaban J connectivity index is 1.54. The quantitative estimate of drug-likeness (QED) is 0.404. The summed E-state index contributed by atoms with van der Waals surface area (Å²) in [6.07, 6.45) is 4.33. The lowest BCUT2D eigenvalue weighted by atomic mass is 10.1. The van der Waals surface area contributed by atoms with Crippen LogP contribution in [0.1, 0.15) is 29.4 Å². The van der Waals surface area contributed by atoms with E-state index in [4.69, 9.17) is 4.98 Å². The number of hydrogen-bond donors (Lipinski definition) is 2. The summed E-state index contributed by atoms with van der Waals surface area (Å²) in [4.78, 5) is 42.7. The van der Waals surface area contributed by atoms with Crippen molar-refractivity contribution >= 4 is 33.8 Å². The molecule has 9 heteroatoms. The minimum Gasteiger partial charge on any atom is -0.345 e. The standard InChI is InChI=1S/C25H23N7O2/c1-4-17(33)11-16-9-8-14(12-26-16)15-10-19-22(30-31-23(19)27-13-15)24-28-20-7-5-6-18(21(20)29-24)25(34)32(2)3/h5-10,12-13H,4,11H2,1-3H3,(H,28,29)(H,27,30,31). The van der Waals surface area contributed by atoms with Gasteiger partial charge in [-0.3, -0.25) is 19.7 Å². The third-order valence-corrected chi connectivity index (χ3v) is 5.73. The van der Waals surface area contributed by atoms with Crippen LogP contribution in [-0.2, 0) is 11.2 Å². The Morgan fingerprint density at radius 1 is 1.03 bits per heavy atom. The molecule has 0 atom stereocenters. The van der Waals surface area contributed by atoms with E-state index in [2.05, 4.69) is 25.1 Å². The lowest BCUT2D eigenvalue weighted by Gasteiger charge is -2.09. The highest BCUT2D eigenvalue weighted by atomic mass is 16.2. The summed E-state index contributed by atoms with van der Waals surface area (Å²) in [6.45, 7) is 1.85. The minimum atomic E-state index is -0.112. The smallest absolute Gasteiger partial charge is 0.255 e. The normalized spacial score (nSPS) is 11.3. The van der Waals surface area contributed by atoms with Gasteiger partial charge >= 0.3 is 0 Å². The van der Waals surface area contributed by atoms with Gasteiger partial charge in [-0.05, 0) is 24.3 Å². The summed E-state index contributed by atoms with van der Waals surface area (Å²) >= 11 is 0. The number of H-pyrrole nitrogens is 2. The molecule has 0 aliphatic rings. The summed E-state index contributed by atoms with van der Waals surface area (Å²) in [5, 5.41) is 8.13. The first-order valence-electron chi connectivity index (χ1n) is 11.0. The SMILES string of the molecule is CCC(=O)Cc1ccc(-c2cnc3n[nH]c(-c4nc5c(C(=O)N(C)C)cccc5[nH]4)c3c2)cn1. The molecule has 0 unspecified atom stereocenters. The average molecular weight is 454 g/mol. The number of fused-ring (bicyclic) bond motifs is 2. The molecular weight excluding hydrogens is 430 g/mol. The van der Waals surface area contributed by atoms with Crippen molar-refractivity contribution in [3.63, 3.8) is 0 Å². The van der Waals surface area contributed by atoms with E-state index in [1.54, 1.807) is 32.6 Å². The van der Waals surface area contributed by atoms with Crippen molar-refractivity contribution in [2.45, 2.75) is 19.8 Å². The number of pyridine rings is 2. The molecule has 5 aromatic rings. The number of carbonyl (C=O) groups is 2. The molecule has 0 fully saturated rings. The topological polar surface area (TPSA) is 121 Å². The molecule has 0 radical (unpaired) electrons. The van der Waals surface area contributed by atoms with E-state index in [1.165, 1.54) is 4.90 Å².